The van der Waals surface area contributed by atoms with E-state index in [0.717, 1.165) is 66.4 Å². The minimum atomic E-state index is 0.571. The monoisotopic (exact) mass is 592 g/mol. The fraction of sp³-hybridized carbons (Fsp3) is 0.0476. The molecule has 4 heterocycles. The van der Waals surface area contributed by atoms with Crippen molar-refractivity contribution in [3.8, 4) is 55.6 Å². The van der Waals surface area contributed by atoms with Crippen LogP contribution in [0.1, 0.15) is 11.1 Å². The standard InChI is InChI=1S/C42H28N2O2/c1-2-8-41-37(7-1)38-14-13-29(22-42(38)46-41)27-9-11-32-25-45-26-33-12-10-28(21-40(33)39(32)20-27)34-17-35(30-5-3-15-43-23-30)19-36(18-34)31-6-4-16-44-24-31/h1-24H,25-26H2. The Labute approximate surface area is 266 Å². The number of aromatic nitrogens is 2. The van der Waals surface area contributed by atoms with Crippen LogP contribution in [0.2, 0.25) is 0 Å². The Hall–Kier alpha value is -5.84. The number of benzene rings is 5. The third-order valence-electron chi connectivity index (χ3n) is 8.99. The van der Waals surface area contributed by atoms with Crippen LogP contribution in [0.4, 0.5) is 0 Å². The molecule has 0 amide bonds. The number of fused-ring (bicyclic) bond motifs is 6. The van der Waals surface area contributed by atoms with Crippen LogP contribution < -0.4 is 0 Å². The van der Waals surface area contributed by atoms with Crippen molar-refractivity contribution in [1.29, 1.82) is 0 Å². The summed E-state index contributed by atoms with van der Waals surface area (Å²) in [4.78, 5) is 8.78. The molecule has 0 bridgehead atoms. The van der Waals surface area contributed by atoms with Gasteiger partial charge in [-0.3, -0.25) is 9.97 Å². The predicted octanol–water partition coefficient (Wildman–Crippen LogP) is 10.7. The molecule has 1 aliphatic rings. The van der Waals surface area contributed by atoms with E-state index in [4.69, 9.17) is 9.15 Å². The van der Waals surface area contributed by atoms with Crippen molar-refractivity contribution in [1.82, 2.24) is 9.97 Å². The zero-order chi connectivity index (χ0) is 30.5. The van der Waals surface area contributed by atoms with Gasteiger partial charge in [0.2, 0.25) is 0 Å². The number of rotatable bonds is 4. The fourth-order valence-corrected chi connectivity index (χ4v) is 6.64. The van der Waals surface area contributed by atoms with Crippen molar-refractivity contribution in [3.05, 3.63) is 157 Å². The lowest BCUT2D eigenvalue weighted by molar-refractivity contribution is 0.110. The summed E-state index contributed by atoms with van der Waals surface area (Å²) in [6, 6.07) is 43.1. The number of furan rings is 1. The highest BCUT2D eigenvalue weighted by molar-refractivity contribution is 6.06. The lowest BCUT2D eigenvalue weighted by Gasteiger charge is -2.15. The van der Waals surface area contributed by atoms with Gasteiger partial charge in [0.15, 0.2) is 0 Å². The van der Waals surface area contributed by atoms with Crippen molar-refractivity contribution in [2.75, 3.05) is 0 Å². The average molecular weight is 593 g/mol. The maximum absolute atomic E-state index is 6.22. The zero-order valence-electron chi connectivity index (χ0n) is 25.0. The molecule has 3 aromatic heterocycles. The Morgan fingerprint density at radius 2 is 0.957 bits per heavy atom. The molecule has 0 spiro atoms. The maximum Gasteiger partial charge on any atom is 0.136 e. The molecule has 8 aromatic rings. The van der Waals surface area contributed by atoms with Crippen LogP contribution in [0, 0.1) is 0 Å². The summed E-state index contributed by atoms with van der Waals surface area (Å²) in [6.07, 6.45) is 7.46. The number of para-hydroxylation sites is 1. The third kappa shape index (κ3) is 4.68. The Balaban J connectivity index is 1.17. The molecule has 0 saturated carbocycles. The van der Waals surface area contributed by atoms with Crippen LogP contribution >= 0.6 is 0 Å². The van der Waals surface area contributed by atoms with Gasteiger partial charge < -0.3 is 9.15 Å². The van der Waals surface area contributed by atoms with Gasteiger partial charge in [0.1, 0.15) is 11.2 Å². The van der Waals surface area contributed by atoms with E-state index in [9.17, 15) is 0 Å². The fourth-order valence-electron chi connectivity index (χ4n) is 6.64. The first kappa shape index (κ1) is 26.6. The Bertz CT molecular complexity index is 2340. The van der Waals surface area contributed by atoms with Gasteiger partial charge in [-0.2, -0.15) is 0 Å². The molecule has 4 nitrogen and oxygen atoms in total. The quantitative estimate of drug-likeness (QED) is 0.204. The third-order valence-corrected chi connectivity index (χ3v) is 8.99. The molecule has 0 saturated heterocycles. The second-order valence-corrected chi connectivity index (χ2v) is 11.8. The molecule has 46 heavy (non-hydrogen) atoms. The molecule has 0 unspecified atom stereocenters. The predicted molar refractivity (Wildman–Crippen MR) is 185 cm³/mol. The van der Waals surface area contributed by atoms with E-state index in [2.05, 4.69) is 107 Å². The molecule has 0 fully saturated rings. The van der Waals surface area contributed by atoms with Gasteiger partial charge in [0, 0.05) is 46.7 Å². The lowest BCUT2D eigenvalue weighted by atomic mass is 9.89. The Morgan fingerprint density at radius 1 is 0.413 bits per heavy atom. The molecule has 1 aliphatic heterocycles. The highest BCUT2D eigenvalue weighted by Gasteiger charge is 2.18. The molecular formula is C42H28N2O2. The number of hydrogen-bond donors (Lipinski definition) is 0. The van der Waals surface area contributed by atoms with Gasteiger partial charge in [0.25, 0.3) is 0 Å². The molecule has 0 radical (unpaired) electrons. The maximum atomic E-state index is 6.22. The summed E-state index contributed by atoms with van der Waals surface area (Å²) >= 11 is 0. The van der Waals surface area contributed by atoms with E-state index < -0.39 is 0 Å². The van der Waals surface area contributed by atoms with Crippen LogP contribution in [0.25, 0.3) is 77.6 Å². The topological polar surface area (TPSA) is 48.2 Å². The van der Waals surface area contributed by atoms with Crippen LogP contribution in [0.3, 0.4) is 0 Å². The van der Waals surface area contributed by atoms with Crippen LogP contribution in [0.5, 0.6) is 0 Å². The normalized spacial score (nSPS) is 12.5. The van der Waals surface area contributed by atoms with Gasteiger partial charge in [0.05, 0.1) is 13.2 Å². The van der Waals surface area contributed by atoms with Gasteiger partial charge in [-0.15, -0.1) is 0 Å². The second-order valence-electron chi connectivity index (χ2n) is 11.8. The summed E-state index contributed by atoms with van der Waals surface area (Å²) in [7, 11) is 0. The van der Waals surface area contributed by atoms with E-state index in [0.29, 0.717) is 13.2 Å². The first-order valence-electron chi connectivity index (χ1n) is 15.5. The number of ether oxygens (including phenoxy) is 1. The van der Waals surface area contributed by atoms with Crippen LogP contribution in [-0.4, -0.2) is 9.97 Å². The SMILES string of the molecule is c1cncc(-c2cc(-c3cccnc3)cc(-c3ccc4c(c3)-c3cc(-c5ccc6c(c5)oc5ccccc56)ccc3COC4)c2)c1. The zero-order valence-corrected chi connectivity index (χ0v) is 25.0. The Morgan fingerprint density at radius 3 is 1.59 bits per heavy atom. The van der Waals surface area contributed by atoms with Gasteiger partial charge in [-0.05, 0) is 116 Å². The molecular weight excluding hydrogens is 564 g/mol. The highest BCUT2D eigenvalue weighted by Crippen LogP contribution is 2.40. The minimum absolute atomic E-state index is 0.571. The largest absolute Gasteiger partial charge is 0.456 e. The van der Waals surface area contributed by atoms with Gasteiger partial charge in [-0.25, -0.2) is 0 Å². The first-order valence-corrected chi connectivity index (χ1v) is 15.5. The van der Waals surface area contributed by atoms with Crippen molar-refractivity contribution in [2.45, 2.75) is 13.2 Å². The van der Waals surface area contributed by atoms with E-state index in [1.54, 1.807) is 0 Å². The van der Waals surface area contributed by atoms with Crippen molar-refractivity contribution >= 4 is 21.9 Å². The summed E-state index contributed by atoms with van der Waals surface area (Å²) in [5.41, 5.74) is 15.5. The van der Waals surface area contributed by atoms with E-state index in [1.165, 1.54) is 22.3 Å². The second kappa shape index (κ2) is 11.0. The number of hydrogen-bond acceptors (Lipinski definition) is 4. The van der Waals surface area contributed by atoms with E-state index in [-0.39, 0.29) is 0 Å². The molecule has 0 N–H and O–H groups in total. The molecule has 218 valence electrons. The molecule has 4 heteroatoms. The average Bonchev–Trinajstić information content (AvgIpc) is 3.40. The molecule has 9 rings (SSSR count). The molecule has 5 aromatic carbocycles. The smallest absolute Gasteiger partial charge is 0.136 e. The highest BCUT2D eigenvalue weighted by atomic mass is 16.5. The number of pyridine rings is 2. The Kier molecular flexibility index (Phi) is 6.32. The molecule has 0 atom stereocenters. The first-order chi connectivity index (χ1) is 22.8. The summed E-state index contributed by atoms with van der Waals surface area (Å²) in [6.45, 7) is 1.14. The van der Waals surface area contributed by atoms with Gasteiger partial charge >= 0.3 is 0 Å². The van der Waals surface area contributed by atoms with Crippen molar-refractivity contribution in [2.24, 2.45) is 0 Å². The van der Waals surface area contributed by atoms with E-state index >= 15 is 0 Å². The van der Waals surface area contributed by atoms with E-state index in [1.807, 2.05) is 49.1 Å². The van der Waals surface area contributed by atoms with Gasteiger partial charge in [-0.1, -0.05) is 60.7 Å². The minimum Gasteiger partial charge on any atom is -0.456 e. The van der Waals surface area contributed by atoms with Crippen molar-refractivity contribution < 1.29 is 9.15 Å². The summed E-state index contributed by atoms with van der Waals surface area (Å²) in [5, 5.41) is 2.28. The van der Waals surface area contributed by atoms with Crippen molar-refractivity contribution in [3.63, 3.8) is 0 Å². The molecule has 0 aliphatic carbocycles. The number of nitrogens with zero attached hydrogens (tertiary/aromatic N) is 2. The summed E-state index contributed by atoms with van der Waals surface area (Å²) < 4.78 is 12.4. The summed E-state index contributed by atoms with van der Waals surface area (Å²) in [5.74, 6) is 0. The van der Waals surface area contributed by atoms with Crippen LogP contribution in [-0.2, 0) is 18.0 Å². The van der Waals surface area contributed by atoms with Crippen LogP contribution in [0.15, 0.2) is 151 Å². The lowest BCUT2D eigenvalue weighted by Crippen LogP contribution is -1.92.